The molecule has 0 unspecified atom stereocenters. The van der Waals surface area contributed by atoms with E-state index in [1.807, 2.05) is 42.9 Å². The fourth-order valence-corrected chi connectivity index (χ4v) is 4.00. The van der Waals surface area contributed by atoms with Crippen LogP contribution >= 0.6 is 0 Å². The zero-order valence-electron chi connectivity index (χ0n) is 19.3. The lowest BCUT2D eigenvalue weighted by Crippen LogP contribution is -2.32. The molecule has 3 N–H and O–H groups in total. The number of nitrogens with one attached hydrogen (secondary N) is 3. The number of hydrogen-bond donors (Lipinski definition) is 3. The normalized spacial score (nSPS) is 12.4. The van der Waals surface area contributed by atoms with E-state index in [4.69, 9.17) is 19.4 Å². The van der Waals surface area contributed by atoms with E-state index in [2.05, 4.69) is 20.6 Å². The Bertz CT molecular complexity index is 1260. The van der Waals surface area contributed by atoms with Gasteiger partial charge in [0.15, 0.2) is 5.82 Å². The van der Waals surface area contributed by atoms with Crippen molar-refractivity contribution in [2.24, 2.45) is 7.05 Å². The number of aromatic amines is 1. The van der Waals surface area contributed by atoms with Crippen LogP contribution in [0.5, 0.6) is 0 Å². The van der Waals surface area contributed by atoms with E-state index in [1.54, 1.807) is 13.4 Å². The molecule has 4 heterocycles. The first-order valence-corrected chi connectivity index (χ1v) is 10.8. The number of nitrogens with zero attached hydrogens (tertiary/aromatic N) is 4. The van der Waals surface area contributed by atoms with Gasteiger partial charge in [-0.25, -0.2) is 15.0 Å². The summed E-state index contributed by atoms with van der Waals surface area (Å²) in [6.45, 7) is 0.612. The predicted octanol–water partition coefficient (Wildman–Crippen LogP) is 2.78. The summed E-state index contributed by atoms with van der Waals surface area (Å²) in [7, 11) is 6.97. The van der Waals surface area contributed by atoms with Gasteiger partial charge in [-0.05, 0) is 31.0 Å². The minimum absolute atomic E-state index is 0.00263. The van der Waals surface area contributed by atoms with Gasteiger partial charge in [-0.1, -0.05) is 6.07 Å². The summed E-state index contributed by atoms with van der Waals surface area (Å²) >= 11 is 0. The molecular weight excluding hydrogens is 422 g/mol. The fourth-order valence-electron chi connectivity index (χ4n) is 4.00. The molecule has 4 aromatic heterocycles. The molecule has 10 heteroatoms. The van der Waals surface area contributed by atoms with Gasteiger partial charge in [0.2, 0.25) is 5.91 Å². The monoisotopic (exact) mass is 451 g/mol. The third kappa shape index (κ3) is 4.67. The summed E-state index contributed by atoms with van der Waals surface area (Å²) in [5.74, 6) is 0.535. The van der Waals surface area contributed by atoms with Crippen LogP contribution in [0.4, 0.5) is 5.82 Å². The molecule has 174 valence electrons. The van der Waals surface area contributed by atoms with E-state index in [9.17, 15) is 4.79 Å². The van der Waals surface area contributed by atoms with Crippen LogP contribution in [0, 0.1) is 0 Å². The van der Waals surface area contributed by atoms with Gasteiger partial charge in [0.05, 0.1) is 35.0 Å². The highest BCUT2D eigenvalue weighted by molar-refractivity contribution is 6.07. The molecule has 0 aliphatic heterocycles. The molecule has 0 aliphatic carbocycles. The molecule has 0 aliphatic rings. The number of anilines is 1. The number of methoxy groups -OCH3 is 2. The number of rotatable bonds is 10. The van der Waals surface area contributed by atoms with Crippen LogP contribution in [0.3, 0.4) is 0 Å². The van der Waals surface area contributed by atoms with Gasteiger partial charge < -0.3 is 29.7 Å². The number of fused-ring (bicyclic) bond motifs is 3. The molecule has 0 bridgehead atoms. The number of ether oxygens (including phenoxy) is 2. The first kappa shape index (κ1) is 22.7. The summed E-state index contributed by atoms with van der Waals surface area (Å²) in [5.41, 5.74) is 4.95. The van der Waals surface area contributed by atoms with Crippen molar-refractivity contribution in [1.82, 2.24) is 29.8 Å². The van der Waals surface area contributed by atoms with Crippen molar-refractivity contribution in [2.45, 2.75) is 18.9 Å². The lowest BCUT2D eigenvalue weighted by atomic mass is 10.1. The third-order valence-corrected chi connectivity index (χ3v) is 5.53. The molecule has 0 saturated carbocycles. The molecule has 33 heavy (non-hydrogen) atoms. The summed E-state index contributed by atoms with van der Waals surface area (Å²) in [5, 5.41) is 7.10. The van der Waals surface area contributed by atoms with Gasteiger partial charge in [-0.2, -0.15) is 0 Å². The summed E-state index contributed by atoms with van der Waals surface area (Å²) in [4.78, 5) is 29.6. The minimum atomic E-state index is -0.245. The van der Waals surface area contributed by atoms with Crippen LogP contribution in [0.15, 0.2) is 30.6 Å². The highest BCUT2D eigenvalue weighted by Crippen LogP contribution is 2.31. The minimum Gasteiger partial charge on any atom is -0.385 e. The van der Waals surface area contributed by atoms with E-state index in [-0.39, 0.29) is 18.6 Å². The highest BCUT2D eigenvalue weighted by Gasteiger charge is 2.19. The largest absolute Gasteiger partial charge is 0.385 e. The van der Waals surface area contributed by atoms with Gasteiger partial charge >= 0.3 is 0 Å². The van der Waals surface area contributed by atoms with Crippen molar-refractivity contribution in [2.75, 3.05) is 39.8 Å². The Morgan fingerprint density at radius 3 is 2.85 bits per heavy atom. The van der Waals surface area contributed by atoms with Crippen LogP contribution in [0.1, 0.15) is 24.6 Å². The molecule has 0 aromatic carbocycles. The Balaban J connectivity index is 1.71. The number of aromatic nitrogens is 5. The van der Waals surface area contributed by atoms with Crippen LogP contribution in [-0.2, 0) is 21.3 Å². The molecule has 1 atom stereocenters. The summed E-state index contributed by atoms with van der Waals surface area (Å²) in [6, 6.07) is 7.61. The van der Waals surface area contributed by atoms with E-state index in [1.165, 1.54) is 7.11 Å². The lowest BCUT2D eigenvalue weighted by Gasteiger charge is -2.18. The number of hydrogen-bond acceptors (Lipinski definition) is 7. The van der Waals surface area contributed by atoms with E-state index >= 15 is 0 Å². The molecule has 0 fully saturated rings. The van der Waals surface area contributed by atoms with Crippen molar-refractivity contribution in [1.29, 1.82) is 0 Å². The maximum Gasteiger partial charge on any atom is 0.246 e. The first-order chi connectivity index (χ1) is 16.0. The molecule has 0 spiro atoms. The van der Waals surface area contributed by atoms with Gasteiger partial charge in [-0.15, -0.1) is 0 Å². The van der Waals surface area contributed by atoms with E-state index in [0.717, 1.165) is 45.6 Å². The number of carbonyl (C=O) groups excluding carboxylic acids is 1. The number of H-pyrrole nitrogens is 1. The maximum absolute atomic E-state index is 12.2. The van der Waals surface area contributed by atoms with Crippen molar-refractivity contribution < 1.29 is 14.3 Å². The Labute approximate surface area is 191 Å². The second-order valence-electron chi connectivity index (χ2n) is 7.84. The molecule has 0 saturated heterocycles. The first-order valence-electron chi connectivity index (χ1n) is 10.8. The average molecular weight is 452 g/mol. The van der Waals surface area contributed by atoms with Crippen LogP contribution in [0.2, 0.25) is 0 Å². The van der Waals surface area contributed by atoms with Crippen molar-refractivity contribution in [3.05, 3.63) is 36.3 Å². The summed E-state index contributed by atoms with van der Waals surface area (Å²) < 4.78 is 12.1. The Morgan fingerprint density at radius 2 is 2.09 bits per heavy atom. The lowest BCUT2D eigenvalue weighted by molar-refractivity contribution is -0.125. The number of pyridine rings is 2. The van der Waals surface area contributed by atoms with Gasteiger partial charge in [0, 0.05) is 40.3 Å². The molecule has 10 nitrogen and oxygen atoms in total. The zero-order valence-corrected chi connectivity index (χ0v) is 19.3. The van der Waals surface area contributed by atoms with Crippen LogP contribution in [0.25, 0.3) is 33.5 Å². The Morgan fingerprint density at radius 1 is 1.24 bits per heavy atom. The average Bonchev–Trinajstić information content (AvgIpc) is 3.42. The van der Waals surface area contributed by atoms with Crippen LogP contribution < -0.4 is 10.6 Å². The number of carbonyl (C=O) groups is 1. The number of aryl methyl sites for hydroxylation is 1. The van der Waals surface area contributed by atoms with Crippen LogP contribution in [-0.4, -0.2) is 64.9 Å². The van der Waals surface area contributed by atoms with Crippen molar-refractivity contribution in [3.8, 4) is 11.4 Å². The second-order valence-corrected chi connectivity index (χ2v) is 7.84. The molecule has 4 rings (SSSR count). The van der Waals surface area contributed by atoms with Gasteiger partial charge in [0.1, 0.15) is 17.8 Å². The van der Waals surface area contributed by atoms with E-state index < -0.39 is 0 Å². The number of amides is 1. The third-order valence-electron chi connectivity index (χ3n) is 5.53. The predicted molar refractivity (Wildman–Crippen MR) is 127 cm³/mol. The maximum atomic E-state index is 12.2. The standard InChI is InChI=1S/C23H29N7O3/c1-24-23-20-21(30(2)13-25-20)14-11-18(28-22(14)29-23)17-8-5-7-15(26-17)16(9-6-10-32-3)27-19(31)12-33-4/h5,7-8,11,13,16H,6,9-10,12H2,1-4H3,(H,27,31)(H2,24,28,29)/t16-/m0/s1. The quantitative estimate of drug-likeness (QED) is 0.317. The summed E-state index contributed by atoms with van der Waals surface area (Å²) in [6.07, 6.45) is 3.28. The van der Waals surface area contributed by atoms with Gasteiger partial charge in [-0.3, -0.25) is 4.79 Å². The second kappa shape index (κ2) is 9.97. The molecule has 0 radical (unpaired) electrons. The molecular formula is C23H29N7O3. The number of imidazole rings is 1. The van der Waals surface area contributed by atoms with Crippen molar-refractivity contribution >= 4 is 33.8 Å². The Kier molecular flexibility index (Phi) is 6.85. The van der Waals surface area contributed by atoms with E-state index in [0.29, 0.717) is 18.8 Å². The smallest absolute Gasteiger partial charge is 0.246 e. The highest BCUT2D eigenvalue weighted by atomic mass is 16.5. The molecule has 4 aromatic rings. The zero-order chi connectivity index (χ0) is 23.4. The molecule has 1 amide bonds. The van der Waals surface area contributed by atoms with Gasteiger partial charge in [0.25, 0.3) is 0 Å². The van der Waals surface area contributed by atoms with Crippen molar-refractivity contribution in [3.63, 3.8) is 0 Å². The SMILES string of the molecule is CNc1nc2[nH]c(-c3cccc([C@H](CCCOC)NC(=O)COC)n3)cc2c2c1ncn2C. The fraction of sp³-hybridized carbons (Fsp3) is 0.391. The topological polar surface area (TPSA) is 119 Å². The Hall–Kier alpha value is -3.50.